The fraction of sp³-hybridized carbons (Fsp3) is 0.350. The van der Waals surface area contributed by atoms with Crippen LogP contribution in [0.3, 0.4) is 0 Å². The Morgan fingerprint density at radius 3 is 2.42 bits per heavy atom. The molecule has 0 aliphatic heterocycles. The van der Waals surface area contributed by atoms with Crippen LogP contribution in [0.15, 0.2) is 48.5 Å². The monoisotopic (exact) mass is 358 g/mol. The minimum atomic E-state index is -1.25. The number of nitrogens with two attached hydrogens (primary N) is 1. The summed E-state index contributed by atoms with van der Waals surface area (Å²) < 4.78 is 10.5. The van der Waals surface area contributed by atoms with Crippen LogP contribution in [0.25, 0.3) is 0 Å². The van der Waals surface area contributed by atoms with E-state index in [4.69, 9.17) is 15.2 Å². The predicted molar refractivity (Wildman–Crippen MR) is 100 cm³/mol. The summed E-state index contributed by atoms with van der Waals surface area (Å²) in [4.78, 5) is 12.1. The lowest BCUT2D eigenvalue weighted by Crippen LogP contribution is -2.47. The minimum absolute atomic E-state index is 0.392. The third-order valence-electron chi connectivity index (χ3n) is 4.15. The van der Waals surface area contributed by atoms with Gasteiger partial charge in [0, 0.05) is 12.6 Å². The van der Waals surface area contributed by atoms with Gasteiger partial charge in [0.25, 0.3) is 0 Å². The summed E-state index contributed by atoms with van der Waals surface area (Å²) in [5, 5.41) is 12.8. The van der Waals surface area contributed by atoms with Crippen molar-refractivity contribution in [2.24, 2.45) is 5.73 Å². The molecule has 4 N–H and O–H groups in total. The van der Waals surface area contributed by atoms with E-state index in [1.165, 1.54) is 0 Å². The van der Waals surface area contributed by atoms with Crippen molar-refractivity contribution in [3.63, 3.8) is 0 Å². The zero-order valence-corrected chi connectivity index (χ0v) is 15.1. The lowest BCUT2D eigenvalue weighted by molar-refractivity contribution is -0.130. The Morgan fingerprint density at radius 2 is 1.77 bits per heavy atom. The van der Waals surface area contributed by atoms with Crippen molar-refractivity contribution in [2.75, 3.05) is 20.8 Å². The minimum Gasteiger partial charge on any atom is -0.493 e. The summed E-state index contributed by atoms with van der Waals surface area (Å²) in [6.45, 7) is 0.392. The molecule has 0 fully saturated rings. The largest absolute Gasteiger partial charge is 0.493 e. The van der Waals surface area contributed by atoms with E-state index in [0.717, 1.165) is 11.1 Å². The van der Waals surface area contributed by atoms with Crippen molar-refractivity contribution in [2.45, 2.75) is 25.0 Å². The van der Waals surface area contributed by atoms with E-state index in [0.29, 0.717) is 30.9 Å². The van der Waals surface area contributed by atoms with E-state index < -0.39 is 18.1 Å². The summed E-state index contributed by atoms with van der Waals surface area (Å²) in [5.74, 6) is 0.831. The Balaban J connectivity index is 1.82. The number of aliphatic hydroxyl groups is 1. The highest BCUT2D eigenvalue weighted by atomic mass is 16.5. The second kappa shape index (κ2) is 9.79. The summed E-state index contributed by atoms with van der Waals surface area (Å²) in [5.41, 5.74) is 7.94. The maximum atomic E-state index is 12.1. The molecule has 0 aliphatic rings. The van der Waals surface area contributed by atoms with Crippen LogP contribution >= 0.6 is 0 Å². The number of amides is 1. The van der Waals surface area contributed by atoms with Gasteiger partial charge in [0.15, 0.2) is 11.5 Å². The average Bonchev–Trinajstić information content (AvgIpc) is 2.67. The van der Waals surface area contributed by atoms with Crippen molar-refractivity contribution < 1.29 is 19.4 Å². The van der Waals surface area contributed by atoms with Gasteiger partial charge in [-0.1, -0.05) is 36.4 Å². The van der Waals surface area contributed by atoms with Crippen LogP contribution in [0, 0.1) is 0 Å². The molecule has 2 rings (SSSR count). The number of benzene rings is 2. The van der Waals surface area contributed by atoms with Crippen molar-refractivity contribution >= 4 is 5.91 Å². The summed E-state index contributed by atoms with van der Waals surface area (Å²) >= 11 is 0. The van der Waals surface area contributed by atoms with E-state index in [2.05, 4.69) is 5.32 Å². The number of ether oxygens (including phenoxy) is 2. The molecule has 6 heteroatoms. The zero-order valence-electron chi connectivity index (χ0n) is 15.1. The molecule has 0 bridgehead atoms. The second-order valence-corrected chi connectivity index (χ2v) is 6.03. The van der Waals surface area contributed by atoms with Gasteiger partial charge in [-0.15, -0.1) is 0 Å². The number of rotatable bonds is 9. The van der Waals surface area contributed by atoms with Gasteiger partial charge in [0.05, 0.1) is 14.2 Å². The van der Waals surface area contributed by atoms with Crippen LogP contribution in [0.2, 0.25) is 0 Å². The van der Waals surface area contributed by atoms with E-state index in [-0.39, 0.29) is 0 Å². The molecular weight excluding hydrogens is 332 g/mol. The van der Waals surface area contributed by atoms with Gasteiger partial charge in [-0.2, -0.15) is 0 Å². The van der Waals surface area contributed by atoms with Gasteiger partial charge in [-0.05, 0) is 36.1 Å². The maximum absolute atomic E-state index is 12.1. The van der Waals surface area contributed by atoms with E-state index in [1.807, 2.05) is 48.5 Å². The Bertz CT molecular complexity index is 706. The van der Waals surface area contributed by atoms with Crippen LogP contribution in [0.5, 0.6) is 11.5 Å². The van der Waals surface area contributed by atoms with Crippen LogP contribution in [0.4, 0.5) is 0 Å². The zero-order chi connectivity index (χ0) is 18.9. The molecule has 140 valence electrons. The van der Waals surface area contributed by atoms with Crippen molar-refractivity contribution in [3.8, 4) is 11.5 Å². The van der Waals surface area contributed by atoms with Crippen molar-refractivity contribution in [1.82, 2.24) is 5.32 Å². The van der Waals surface area contributed by atoms with Crippen LogP contribution in [0.1, 0.15) is 11.1 Å². The predicted octanol–water partition coefficient (Wildman–Crippen LogP) is 1.29. The molecule has 0 unspecified atom stereocenters. The first-order valence-corrected chi connectivity index (χ1v) is 8.51. The van der Waals surface area contributed by atoms with E-state index in [1.54, 1.807) is 14.2 Å². The third-order valence-corrected chi connectivity index (χ3v) is 4.15. The first-order valence-electron chi connectivity index (χ1n) is 8.51. The Labute approximate surface area is 153 Å². The lowest BCUT2D eigenvalue weighted by Gasteiger charge is -2.18. The summed E-state index contributed by atoms with van der Waals surface area (Å²) in [7, 11) is 3.16. The van der Waals surface area contributed by atoms with Gasteiger partial charge in [-0.25, -0.2) is 0 Å². The number of nitrogens with one attached hydrogen (secondary N) is 1. The van der Waals surface area contributed by atoms with E-state index in [9.17, 15) is 9.90 Å². The molecule has 0 spiro atoms. The topological polar surface area (TPSA) is 93.8 Å². The molecule has 0 saturated carbocycles. The number of aliphatic hydroxyl groups excluding tert-OH is 1. The maximum Gasteiger partial charge on any atom is 0.250 e. The number of hydrogen-bond acceptors (Lipinski definition) is 5. The molecule has 6 nitrogen and oxygen atoms in total. The van der Waals surface area contributed by atoms with Crippen LogP contribution in [-0.4, -0.2) is 43.9 Å². The second-order valence-electron chi connectivity index (χ2n) is 6.03. The highest BCUT2D eigenvalue weighted by Gasteiger charge is 2.22. The highest BCUT2D eigenvalue weighted by molar-refractivity contribution is 5.81. The average molecular weight is 358 g/mol. The molecule has 0 heterocycles. The molecule has 0 aliphatic carbocycles. The standard InChI is InChI=1S/C20H26N2O4/c1-25-17-9-8-15(13-18(17)26-2)10-11-22-20(24)19(23)16(21)12-14-6-4-3-5-7-14/h3-9,13,16,19,23H,10-12,21H2,1-2H3,(H,22,24)/t16-,19+/m0/s1. The fourth-order valence-corrected chi connectivity index (χ4v) is 2.66. The molecule has 26 heavy (non-hydrogen) atoms. The molecular formula is C20H26N2O4. The van der Waals surface area contributed by atoms with Gasteiger partial charge < -0.3 is 25.6 Å². The highest BCUT2D eigenvalue weighted by Crippen LogP contribution is 2.27. The smallest absolute Gasteiger partial charge is 0.250 e. The first-order chi connectivity index (χ1) is 12.5. The number of carbonyl (C=O) groups is 1. The van der Waals surface area contributed by atoms with Gasteiger partial charge >= 0.3 is 0 Å². The fourth-order valence-electron chi connectivity index (χ4n) is 2.66. The van der Waals surface area contributed by atoms with Crippen LogP contribution < -0.4 is 20.5 Å². The Kier molecular flexibility index (Phi) is 7.44. The lowest BCUT2D eigenvalue weighted by atomic mass is 10.0. The van der Waals surface area contributed by atoms with Gasteiger partial charge in [0.1, 0.15) is 6.10 Å². The summed E-state index contributed by atoms with van der Waals surface area (Å²) in [6, 6.07) is 14.5. The molecule has 0 radical (unpaired) electrons. The Morgan fingerprint density at radius 1 is 1.08 bits per heavy atom. The molecule has 1 amide bonds. The quantitative estimate of drug-likeness (QED) is 0.628. The third kappa shape index (κ3) is 5.47. The van der Waals surface area contributed by atoms with Gasteiger partial charge in [0.2, 0.25) is 5.91 Å². The van der Waals surface area contributed by atoms with E-state index >= 15 is 0 Å². The molecule has 0 aromatic heterocycles. The van der Waals surface area contributed by atoms with Crippen LogP contribution in [-0.2, 0) is 17.6 Å². The number of methoxy groups -OCH3 is 2. The molecule has 2 atom stereocenters. The normalized spacial score (nSPS) is 12.9. The van der Waals surface area contributed by atoms with Crippen molar-refractivity contribution in [1.29, 1.82) is 0 Å². The Hall–Kier alpha value is -2.57. The molecule has 0 saturated heterocycles. The molecule has 2 aromatic carbocycles. The van der Waals surface area contributed by atoms with Crippen molar-refractivity contribution in [3.05, 3.63) is 59.7 Å². The number of carbonyl (C=O) groups excluding carboxylic acids is 1. The molecule has 2 aromatic rings. The first kappa shape index (κ1) is 19.8. The van der Waals surface area contributed by atoms with Gasteiger partial charge in [-0.3, -0.25) is 4.79 Å². The number of hydrogen-bond donors (Lipinski definition) is 3. The summed E-state index contributed by atoms with van der Waals surface area (Å²) in [6.07, 6.45) is -0.210. The SMILES string of the molecule is COc1ccc(CCNC(=O)[C@H](O)[C@@H](N)Cc2ccccc2)cc1OC.